The third-order valence-corrected chi connectivity index (χ3v) is 3.83. The zero-order valence-corrected chi connectivity index (χ0v) is 13.2. The molecule has 0 unspecified atom stereocenters. The molecule has 1 amide bonds. The highest BCUT2D eigenvalue weighted by atomic mass is 16.5. The monoisotopic (exact) mass is 311 g/mol. The largest absolute Gasteiger partial charge is 0.496 e. The number of anilines is 1. The summed E-state index contributed by atoms with van der Waals surface area (Å²) in [7, 11) is 1.65. The number of para-hydroxylation sites is 1. The quantitative estimate of drug-likeness (QED) is 0.825. The van der Waals surface area contributed by atoms with Crippen LogP contribution in [0.25, 0.3) is 0 Å². The summed E-state index contributed by atoms with van der Waals surface area (Å²) in [6.45, 7) is 0.557. The molecule has 1 aromatic carbocycles. The molecule has 1 heterocycles. The fourth-order valence-corrected chi connectivity index (χ4v) is 2.37. The van der Waals surface area contributed by atoms with Crippen LogP contribution in [0.4, 0.5) is 5.82 Å². The molecule has 120 valence electrons. The summed E-state index contributed by atoms with van der Waals surface area (Å²) in [4.78, 5) is 16.4. The number of rotatable bonds is 7. The van der Waals surface area contributed by atoms with Crippen molar-refractivity contribution >= 4 is 11.7 Å². The summed E-state index contributed by atoms with van der Waals surface area (Å²) < 4.78 is 5.31. The highest BCUT2D eigenvalue weighted by Crippen LogP contribution is 2.23. The minimum atomic E-state index is -0.106. The first-order valence-corrected chi connectivity index (χ1v) is 7.89. The molecule has 1 aliphatic carbocycles. The van der Waals surface area contributed by atoms with Crippen molar-refractivity contribution in [3.8, 4) is 5.75 Å². The molecule has 1 aliphatic rings. The second-order valence-electron chi connectivity index (χ2n) is 5.67. The number of hydrogen-bond acceptors (Lipinski definition) is 4. The number of pyridine rings is 1. The van der Waals surface area contributed by atoms with E-state index in [2.05, 4.69) is 15.6 Å². The molecule has 0 spiro atoms. The number of amides is 1. The van der Waals surface area contributed by atoms with E-state index >= 15 is 0 Å². The Morgan fingerprint density at radius 1 is 1.26 bits per heavy atom. The van der Waals surface area contributed by atoms with Crippen LogP contribution in [0.2, 0.25) is 0 Å². The number of benzene rings is 1. The normalized spacial score (nSPS) is 13.4. The summed E-state index contributed by atoms with van der Waals surface area (Å²) in [6.07, 6.45) is 4.74. The topological polar surface area (TPSA) is 63.2 Å². The van der Waals surface area contributed by atoms with Gasteiger partial charge in [-0.05, 0) is 43.0 Å². The predicted octanol–water partition coefficient (Wildman–Crippen LogP) is 2.64. The van der Waals surface area contributed by atoms with Gasteiger partial charge >= 0.3 is 0 Å². The van der Waals surface area contributed by atoms with Gasteiger partial charge in [-0.25, -0.2) is 4.98 Å². The van der Waals surface area contributed by atoms with Gasteiger partial charge in [0.15, 0.2) is 0 Å². The van der Waals surface area contributed by atoms with Crippen molar-refractivity contribution in [2.24, 2.45) is 0 Å². The van der Waals surface area contributed by atoms with E-state index in [0.717, 1.165) is 23.6 Å². The minimum absolute atomic E-state index is 0.106. The number of carbonyl (C=O) groups is 1. The average Bonchev–Trinajstić information content (AvgIpc) is 3.40. The molecule has 2 aromatic rings. The second-order valence-corrected chi connectivity index (χ2v) is 5.67. The molecule has 1 fully saturated rings. The molecule has 1 saturated carbocycles. The second kappa shape index (κ2) is 7.13. The first-order chi connectivity index (χ1) is 11.3. The molecule has 0 bridgehead atoms. The highest BCUT2D eigenvalue weighted by molar-refractivity contribution is 5.94. The maximum Gasteiger partial charge on any atom is 0.252 e. The molecule has 1 aromatic heterocycles. The molecule has 0 aliphatic heterocycles. The molecule has 3 rings (SSSR count). The highest BCUT2D eigenvalue weighted by Gasteiger charge is 2.21. The van der Waals surface area contributed by atoms with E-state index in [4.69, 9.17) is 4.74 Å². The van der Waals surface area contributed by atoms with Crippen molar-refractivity contribution in [3.05, 3.63) is 53.7 Å². The van der Waals surface area contributed by atoms with Gasteiger partial charge in [0.1, 0.15) is 11.6 Å². The molecular formula is C18H21N3O2. The number of nitrogens with zero attached hydrogens (tertiary/aromatic N) is 1. The van der Waals surface area contributed by atoms with E-state index in [1.165, 1.54) is 12.8 Å². The zero-order valence-electron chi connectivity index (χ0n) is 13.2. The van der Waals surface area contributed by atoms with Crippen molar-refractivity contribution in [2.75, 3.05) is 19.0 Å². The van der Waals surface area contributed by atoms with Crippen LogP contribution in [0.5, 0.6) is 5.75 Å². The van der Waals surface area contributed by atoms with Crippen LogP contribution in [0.3, 0.4) is 0 Å². The summed E-state index contributed by atoms with van der Waals surface area (Å²) in [5.74, 6) is 1.57. The lowest BCUT2D eigenvalue weighted by Crippen LogP contribution is -2.26. The summed E-state index contributed by atoms with van der Waals surface area (Å²) in [5.41, 5.74) is 1.66. The number of methoxy groups -OCH3 is 1. The van der Waals surface area contributed by atoms with Crippen LogP contribution >= 0.6 is 0 Å². The van der Waals surface area contributed by atoms with E-state index in [-0.39, 0.29) is 5.91 Å². The third-order valence-electron chi connectivity index (χ3n) is 3.83. The smallest absolute Gasteiger partial charge is 0.252 e. The number of aromatic nitrogens is 1. The molecule has 0 radical (unpaired) electrons. The lowest BCUT2D eigenvalue weighted by Gasteiger charge is -2.09. The maximum atomic E-state index is 12.1. The van der Waals surface area contributed by atoms with Gasteiger partial charge in [-0.1, -0.05) is 18.2 Å². The van der Waals surface area contributed by atoms with Crippen molar-refractivity contribution < 1.29 is 9.53 Å². The lowest BCUT2D eigenvalue weighted by molar-refractivity contribution is 0.0953. The van der Waals surface area contributed by atoms with E-state index in [1.807, 2.05) is 30.3 Å². The van der Waals surface area contributed by atoms with Crippen LogP contribution in [0.1, 0.15) is 28.8 Å². The molecule has 2 N–H and O–H groups in total. The fourth-order valence-electron chi connectivity index (χ4n) is 2.37. The Labute approximate surface area is 136 Å². The Hall–Kier alpha value is -2.56. The number of hydrogen-bond donors (Lipinski definition) is 2. The first-order valence-electron chi connectivity index (χ1n) is 7.89. The van der Waals surface area contributed by atoms with Gasteiger partial charge in [0.05, 0.1) is 12.7 Å². The van der Waals surface area contributed by atoms with Gasteiger partial charge in [-0.15, -0.1) is 0 Å². The Morgan fingerprint density at radius 2 is 2.09 bits per heavy atom. The van der Waals surface area contributed by atoms with Gasteiger partial charge in [0.25, 0.3) is 5.91 Å². The Bertz CT molecular complexity index is 666. The van der Waals surface area contributed by atoms with Gasteiger partial charge in [-0.2, -0.15) is 0 Å². The Morgan fingerprint density at radius 3 is 2.78 bits per heavy atom. The van der Waals surface area contributed by atoms with Crippen LogP contribution in [0.15, 0.2) is 42.6 Å². The molecule has 5 heteroatoms. The fraction of sp³-hybridized carbons (Fsp3) is 0.333. The number of nitrogens with one attached hydrogen (secondary N) is 2. The summed E-state index contributed by atoms with van der Waals surface area (Å²) in [5, 5.41) is 6.22. The SMILES string of the molecule is COc1ccccc1CCNC(=O)c1ccc(NC2CC2)nc1. The maximum absolute atomic E-state index is 12.1. The van der Waals surface area contributed by atoms with Gasteiger partial charge in [0.2, 0.25) is 0 Å². The molecule has 0 atom stereocenters. The van der Waals surface area contributed by atoms with E-state index in [1.54, 1.807) is 19.4 Å². The number of ether oxygens (including phenoxy) is 1. The summed E-state index contributed by atoms with van der Waals surface area (Å²) in [6, 6.07) is 12.0. The molecule has 0 saturated heterocycles. The van der Waals surface area contributed by atoms with Crippen molar-refractivity contribution in [2.45, 2.75) is 25.3 Å². The minimum Gasteiger partial charge on any atom is -0.496 e. The molecular weight excluding hydrogens is 290 g/mol. The average molecular weight is 311 g/mol. The Kier molecular flexibility index (Phi) is 4.76. The van der Waals surface area contributed by atoms with Crippen molar-refractivity contribution in [1.82, 2.24) is 10.3 Å². The van der Waals surface area contributed by atoms with E-state index in [9.17, 15) is 4.79 Å². The van der Waals surface area contributed by atoms with Crippen LogP contribution in [-0.2, 0) is 6.42 Å². The van der Waals surface area contributed by atoms with Gasteiger partial charge in [-0.3, -0.25) is 4.79 Å². The zero-order chi connectivity index (χ0) is 16.1. The number of carbonyl (C=O) groups excluding carboxylic acids is 1. The van der Waals surface area contributed by atoms with Crippen molar-refractivity contribution in [3.63, 3.8) is 0 Å². The predicted molar refractivity (Wildman–Crippen MR) is 89.9 cm³/mol. The third kappa shape index (κ3) is 4.22. The van der Waals surface area contributed by atoms with Crippen LogP contribution < -0.4 is 15.4 Å². The van der Waals surface area contributed by atoms with E-state index in [0.29, 0.717) is 18.2 Å². The van der Waals surface area contributed by atoms with E-state index < -0.39 is 0 Å². The van der Waals surface area contributed by atoms with Crippen LogP contribution in [0, 0.1) is 0 Å². The van der Waals surface area contributed by atoms with Crippen LogP contribution in [-0.4, -0.2) is 30.6 Å². The molecule has 23 heavy (non-hydrogen) atoms. The summed E-state index contributed by atoms with van der Waals surface area (Å²) >= 11 is 0. The first kappa shape index (κ1) is 15.3. The molecule has 5 nitrogen and oxygen atoms in total. The lowest BCUT2D eigenvalue weighted by atomic mass is 10.1. The van der Waals surface area contributed by atoms with Gasteiger partial charge in [0, 0.05) is 18.8 Å². The van der Waals surface area contributed by atoms with Crippen molar-refractivity contribution in [1.29, 1.82) is 0 Å². The van der Waals surface area contributed by atoms with Gasteiger partial charge < -0.3 is 15.4 Å². The standard InChI is InChI=1S/C18H21N3O2/c1-23-16-5-3-2-4-13(16)10-11-19-18(22)14-6-9-17(20-12-14)21-15-7-8-15/h2-6,9,12,15H,7-8,10-11H2,1H3,(H,19,22)(H,20,21). The Balaban J connectivity index is 1.50.